The Kier molecular flexibility index (Phi) is 4.32. The standard InChI is InChI=1S/C15H22N4/c1-11(2)19-15(17-10-18-19)9-14(16-4)13-7-5-12(3)6-8-13/h5-8,10-11,14,16H,9H2,1-4H3. The molecule has 0 bridgehead atoms. The van der Waals surface area contributed by atoms with Gasteiger partial charge in [-0.25, -0.2) is 9.67 Å². The van der Waals surface area contributed by atoms with Gasteiger partial charge in [0.05, 0.1) is 0 Å². The number of likely N-dealkylation sites (N-methyl/N-ethyl adjacent to an activating group) is 1. The normalized spacial score (nSPS) is 12.9. The van der Waals surface area contributed by atoms with Crippen molar-refractivity contribution in [2.24, 2.45) is 0 Å². The number of aromatic nitrogens is 3. The van der Waals surface area contributed by atoms with Crippen LogP contribution in [0.2, 0.25) is 0 Å². The van der Waals surface area contributed by atoms with Crippen molar-refractivity contribution in [2.75, 3.05) is 7.05 Å². The van der Waals surface area contributed by atoms with Crippen LogP contribution < -0.4 is 5.32 Å². The molecule has 1 unspecified atom stereocenters. The van der Waals surface area contributed by atoms with E-state index in [1.54, 1.807) is 6.33 Å². The summed E-state index contributed by atoms with van der Waals surface area (Å²) in [5, 5.41) is 7.65. The first-order chi connectivity index (χ1) is 9.11. The molecular formula is C15H22N4. The van der Waals surface area contributed by atoms with Crippen LogP contribution in [0.3, 0.4) is 0 Å². The summed E-state index contributed by atoms with van der Waals surface area (Å²) in [6, 6.07) is 9.24. The zero-order valence-corrected chi connectivity index (χ0v) is 12.1. The van der Waals surface area contributed by atoms with Gasteiger partial charge in [-0.1, -0.05) is 29.8 Å². The maximum atomic E-state index is 4.38. The molecular weight excluding hydrogens is 236 g/mol. The predicted molar refractivity (Wildman–Crippen MR) is 77.1 cm³/mol. The van der Waals surface area contributed by atoms with Crippen LogP contribution in [0.25, 0.3) is 0 Å². The van der Waals surface area contributed by atoms with Crippen LogP contribution in [0, 0.1) is 6.92 Å². The van der Waals surface area contributed by atoms with E-state index in [-0.39, 0.29) is 6.04 Å². The van der Waals surface area contributed by atoms with E-state index in [2.05, 4.69) is 60.4 Å². The number of hydrogen-bond acceptors (Lipinski definition) is 3. The Hall–Kier alpha value is -1.68. The summed E-state index contributed by atoms with van der Waals surface area (Å²) in [6.45, 7) is 6.35. The van der Waals surface area contributed by atoms with Gasteiger partial charge in [-0.15, -0.1) is 0 Å². The number of benzene rings is 1. The third kappa shape index (κ3) is 3.20. The Balaban J connectivity index is 2.19. The third-order valence-corrected chi connectivity index (χ3v) is 3.35. The van der Waals surface area contributed by atoms with Crippen molar-refractivity contribution in [2.45, 2.75) is 39.3 Å². The maximum Gasteiger partial charge on any atom is 0.138 e. The lowest BCUT2D eigenvalue weighted by Gasteiger charge is -2.18. The van der Waals surface area contributed by atoms with Crippen molar-refractivity contribution in [3.63, 3.8) is 0 Å². The van der Waals surface area contributed by atoms with E-state index >= 15 is 0 Å². The van der Waals surface area contributed by atoms with E-state index in [4.69, 9.17) is 0 Å². The molecule has 2 aromatic rings. The number of nitrogens with zero attached hydrogens (tertiary/aromatic N) is 3. The third-order valence-electron chi connectivity index (χ3n) is 3.35. The quantitative estimate of drug-likeness (QED) is 0.896. The first kappa shape index (κ1) is 13.7. The number of hydrogen-bond donors (Lipinski definition) is 1. The molecule has 0 aliphatic rings. The fourth-order valence-electron chi connectivity index (χ4n) is 2.22. The summed E-state index contributed by atoms with van der Waals surface area (Å²) in [5.74, 6) is 1.02. The van der Waals surface area contributed by atoms with Gasteiger partial charge in [0.15, 0.2) is 0 Å². The van der Waals surface area contributed by atoms with Crippen molar-refractivity contribution in [1.82, 2.24) is 20.1 Å². The molecule has 19 heavy (non-hydrogen) atoms. The number of nitrogens with one attached hydrogen (secondary N) is 1. The van der Waals surface area contributed by atoms with Crippen LogP contribution in [0.1, 0.15) is 42.9 Å². The molecule has 0 aliphatic carbocycles. The van der Waals surface area contributed by atoms with Gasteiger partial charge in [0.1, 0.15) is 12.2 Å². The molecule has 4 heteroatoms. The molecule has 0 saturated carbocycles. The minimum Gasteiger partial charge on any atom is -0.313 e. The molecule has 0 amide bonds. The average molecular weight is 258 g/mol. The van der Waals surface area contributed by atoms with E-state index in [9.17, 15) is 0 Å². The Morgan fingerprint density at radius 1 is 1.21 bits per heavy atom. The highest BCUT2D eigenvalue weighted by Crippen LogP contribution is 2.18. The summed E-state index contributed by atoms with van der Waals surface area (Å²) in [5.41, 5.74) is 2.57. The first-order valence-corrected chi connectivity index (χ1v) is 6.74. The van der Waals surface area contributed by atoms with E-state index in [1.165, 1.54) is 11.1 Å². The van der Waals surface area contributed by atoms with E-state index in [0.717, 1.165) is 12.2 Å². The SMILES string of the molecule is CNC(Cc1ncnn1C(C)C)c1ccc(C)cc1. The summed E-state index contributed by atoms with van der Waals surface area (Å²) >= 11 is 0. The fraction of sp³-hybridized carbons (Fsp3) is 0.467. The Labute approximate surface area is 114 Å². The molecule has 0 spiro atoms. The molecule has 102 valence electrons. The topological polar surface area (TPSA) is 42.7 Å². The zero-order chi connectivity index (χ0) is 13.8. The molecule has 0 aliphatic heterocycles. The molecule has 0 radical (unpaired) electrons. The van der Waals surface area contributed by atoms with Crippen molar-refractivity contribution in [1.29, 1.82) is 0 Å². The predicted octanol–water partition coefficient (Wildman–Crippen LogP) is 2.67. The second-order valence-corrected chi connectivity index (χ2v) is 5.17. The fourth-order valence-corrected chi connectivity index (χ4v) is 2.22. The minimum atomic E-state index is 0.266. The first-order valence-electron chi connectivity index (χ1n) is 6.74. The molecule has 2 rings (SSSR count). The summed E-state index contributed by atoms with van der Waals surface area (Å²) in [4.78, 5) is 4.38. The smallest absolute Gasteiger partial charge is 0.138 e. The van der Waals surface area contributed by atoms with Crippen molar-refractivity contribution in [3.8, 4) is 0 Å². The molecule has 1 atom stereocenters. The molecule has 0 fully saturated rings. The Morgan fingerprint density at radius 2 is 1.89 bits per heavy atom. The van der Waals surface area contributed by atoms with Crippen molar-refractivity contribution in [3.05, 3.63) is 47.5 Å². The molecule has 1 N–H and O–H groups in total. The number of rotatable bonds is 5. The number of aryl methyl sites for hydroxylation is 1. The molecule has 0 saturated heterocycles. The molecule has 1 heterocycles. The highest BCUT2D eigenvalue weighted by molar-refractivity contribution is 5.24. The summed E-state index contributed by atoms with van der Waals surface area (Å²) < 4.78 is 1.98. The van der Waals surface area contributed by atoms with Crippen LogP contribution >= 0.6 is 0 Å². The van der Waals surface area contributed by atoms with E-state index in [1.807, 2.05) is 11.7 Å². The lowest BCUT2D eigenvalue weighted by atomic mass is 10.0. The second-order valence-electron chi connectivity index (χ2n) is 5.17. The van der Waals surface area contributed by atoms with Crippen molar-refractivity contribution >= 4 is 0 Å². The van der Waals surface area contributed by atoms with Crippen LogP contribution in [-0.2, 0) is 6.42 Å². The lowest BCUT2D eigenvalue weighted by Crippen LogP contribution is -2.21. The van der Waals surface area contributed by atoms with Crippen LogP contribution in [-0.4, -0.2) is 21.8 Å². The minimum absolute atomic E-state index is 0.266. The molecule has 1 aromatic carbocycles. The van der Waals surface area contributed by atoms with Gasteiger partial charge in [0.25, 0.3) is 0 Å². The Bertz CT molecular complexity index is 513. The summed E-state index contributed by atoms with van der Waals surface area (Å²) in [7, 11) is 1.99. The van der Waals surface area contributed by atoms with Crippen LogP contribution in [0.4, 0.5) is 0 Å². The van der Waals surface area contributed by atoms with Gasteiger partial charge in [0.2, 0.25) is 0 Å². The van der Waals surface area contributed by atoms with Gasteiger partial charge in [-0.3, -0.25) is 0 Å². The highest BCUT2D eigenvalue weighted by atomic mass is 15.3. The second kappa shape index (κ2) is 5.97. The monoisotopic (exact) mass is 258 g/mol. The lowest BCUT2D eigenvalue weighted by molar-refractivity contribution is 0.478. The zero-order valence-electron chi connectivity index (χ0n) is 12.1. The molecule has 4 nitrogen and oxygen atoms in total. The van der Waals surface area contributed by atoms with Gasteiger partial charge >= 0.3 is 0 Å². The largest absolute Gasteiger partial charge is 0.313 e. The van der Waals surface area contributed by atoms with E-state index < -0.39 is 0 Å². The van der Waals surface area contributed by atoms with E-state index in [0.29, 0.717) is 6.04 Å². The van der Waals surface area contributed by atoms with Gasteiger partial charge in [-0.2, -0.15) is 5.10 Å². The van der Waals surface area contributed by atoms with Crippen molar-refractivity contribution < 1.29 is 0 Å². The van der Waals surface area contributed by atoms with Crippen LogP contribution in [0.15, 0.2) is 30.6 Å². The molecule has 1 aromatic heterocycles. The van der Waals surface area contributed by atoms with Gasteiger partial charge < -0.3 is 5.32 Å². The maximum absolute atomic E-state index is 4.38. The Morgan fingerprint density at radius 3 is 2.47 bits per heavy atom. The average Bonchev–Trinajstić information content (AvgIpc) is 2.85. The van der Waals surface area contributed by atoms with Gasteiger partial charge in [-0.05, 0) is 33.4 Å². The van der Waals surface area contributed by atoms with Crippen LogP contribution in [0.5, 0.6) is 0 Å². The highest BCUT2D eigenvalue weighted by Gasteiger charge is 2.15. The summed E-state index contributed by atoms with van der Waals surface area (Å²) in [6.07, 6.45) is 2.48. The van der Waals surface area contributed by atoms with Gasteiger partial charge in [0, 0.05) is 18.5 Å².